The van der Waals surface area contributed by atoms with E-state index in [1.54, 1.807) is 24.3 Å². The highest BCUT2D eigenvalue weighted by atomic mass is 16.5. The molecule has 1 aromatic carbocycles. The molecule has 0 aliphatic heterocycles. The molecule has 0 unspecified atom stereocenters. The lowest BCUT2D eigenvalue weighted by Crippen LogP contribution is -2.45. The predicted octanol–water partition coefficient (Wildman–Crippen LogP) is -1.24. The van der Waals surface area contributed by atoms with Crippen LogP contribution in [0.1, 0.15) is 5.56 Å². The quantitative estimate of drug-likeness (QED) is 0.352. The normalized spacial score (nSPS) is 17.2. The van der Waals surface area contributed by atoms with Gasteiger partial charge < -0.3 is 30.0 Å². The standard InChI is InChI=1S/C14H19NO6/c1-21-10-4-2-9(3-5-10)6-15-11(7-16)13(19)14(20)12(18)8-17/h2-7,11-14,17-20H,8H2,1H3/t11-,12+,13+,14+/m1/s1. The number of aliphatic hydroxyl groups excluding tert-OH is 4. The Balaban J connectivity index is 2.75. The number of rotatable bonds is 8. The van der Waals surface area contributed by atoms with Crippen molar-refractivity contribution in [3.63, 3.8) is 0 Å². The Bertz CT molecular complexity index is 461. The molecule has 0 saturated carbocycles. The van der Waals surface area contributed by atoms with Crippen LogP contribution in [0.5, 0.6) is 5.75 Å². The third-order valence-electron chi connectivity index (χ3n) is 2.93. The van der Waals surface area contributed by atoms with Crippen LogP contribution >= 0.6 is 0 Å². The summed E-state index contributed by atoms with van der Waals surface area (Å²) in [6.45, 7) is -0.730. The number of aldehydes is 1. The Morgan fingerprint density at radius 3 is 2.29 bits per heavy atom. The zero-order valence-corrected chi connectivity index (χ0v) is 11.5. The van der Waals surface area contributed by atoms with Gasteiger partial charge >= 0.3 is 0 Å². The molecule has 116 valence electrons. The Labute approximate surface area is 122 Å². The summed E-state index contributed by atoms with van der Waals surface area (Å²) in [5, 5.41) is 37.2. The van der Waals surface area contributed by atoms with Gasteiger partial charge in [-0.2, -0.15) is 0 Å². The molecular weight excluding hydrogens is 278 g/mol. The van der Waals surface area contributed by atoms with E-state index in [2.05, 4.69) is 4.99 Å². The number of hydrogen-bond acceptors (Lipinski definition) is 7. The Morgan fingerprint density at radius 1 is 1.19 bits per heavy atom. The molecule has 0 aromatic heterocycles. The van der Waals surface area contributed by atoms with Crippen LogP contribution in [-0.4, -0.2) is 71.0 Å². The number of carbonyl (C=O) groups is 1. The largest absolute Gasteiger partial charge is 0.497 e. The molecule has 0 spiro atoms. The van der Waals surface area contributed by atoms with E-state index in [9.17, 15) is 20.1 Å². The molecule has 0 saturated heterocycles. The summed E-state index contributed by atoms with van der Waals surface area (Å²) in [6, 6.07) is 5.57. The van der Waals surface area contributed by atoms with Crippen molar-refractivity contribution >= 4 is 12.5 Å². The van der Waals surface area contributed by atoms with Gasteiger partial charge in [-0.1, -0.05) is 0 Å². The lowest BCUT2D eigenvalue weighted by molar-refractivity contribution is -0.118. The molecule has 0 bridgehead atoms. The minimum absolute atomic E-state index is 0.359. The number of ether oxygens (including phenoxy) is 1. The predicted molar refractivity (Wildman–Crippen MR) is 75.5 cm³/mol. The van der Waals surface area contributed by atoms with E-state index in [1.807, 2.05) is 0 Å². The van der Waals surface area contributed by atoms with Crippen molar-refractivity contribution in [3.8, 4) is 5.75 Å². The summed E-state index contributed by atoms with van der Waals surface area (Å²) in [6.07, 6.45) is -3.10. The maximum Gasteiger partial charge on any atom is 0.147 e. The Hall–Kier alpha value is -1.80. The van der Waals surface area contributed by atoms with Crippen LogP contribution in [0, 0.1) is 0 Å². The zero-order valence-electron chi connectivity index (χ0n) is 11.5. The number of hydrogen-bond donors (Lipinski definition) is 4. The minimum atomic E-state index is -1.67. The summed E-state index contributed by atoms with van der Waals surface area (Å²) >= 11 is 0. The van der Waals surface area contributed by atoms with Crippen molar-refractivity contribution in [1.29, 1.82) is 0 Å². The molecule has 0 aliphatic rings. The van der Waals surface area contributed by atoms with Crippen molar-refractivity contribution in [3.05, 3.63) is 29.8 Å². The molecule has 1 rings (SSSR count). The molecule has 7 nitrogen and oxygen atoms in total. The number of methoxy groups -OCH3 is 1. The summed E-state index contributed by atoms with van der Waals surface area (Å²) in [5.74, 6) is 0.667. The van der Waals surface area contributed by atoms with Gasteiger partial charge in [0.15, 0.2) is 0 Å². The molecule has 4 atom stereocenters. The molecule has 1 aromatic rings. The van der Waals surface area contributed by atoms with Crippen molar-refractivity contribution in [2.75, 3.05) is 13.7 Å². The molecule has 0 heterocycles. The van der Waals surface area contributed by atoms with E-state index >= 15 is 0 Å². The van der Waals surface area contributed by atoms with Crippen molar-refractivity contribution in [2.24, 2.45) is 4.99 Å². The summed E-state index contributed by atoms with van der Waals surface area (Å²) in [7, 11) is 1.54. The maximum atomic E-state index is 10.9. The Kier molecular flexibility index (Phi) is 6.97. The molecule has 0 radical (unpaired) electrons. The first-order chi connectivity index (χ1) is 10.0. The summed E-state index contributed by atoms with van der Waals surface area (Å²) < 4.78 is 5.00. The van der Waals surface area contributed by atoms with Crippen LogP contribution in [0.15, 0.2) is 29.3 Å². The van der Waals surface area contributed by atoms with Crippen LogP contribution in [0.2, 0.25) is 0 Å². The first-order valence-electron chi connectivity index (χ1n) is 6.31. The highest BCUT2D eigenvalue weighted by Gasteiger charge is 2.30. The van der Waals surface area contributed by atoms with Crippen LogP contribution in [0.3, 0.4) is 0 Å². The van der Waals surface area contributed by atoms with E-state index in [0.29, 0.717) is 17.6 Å². The summed E-state index contributed by atoms with van der Waals surface area (Å²) in [4.78, 5) is 14.8. The fourth-order valence-corrected chi connectivity index (χ4v) is 1.60. The minimum Gasteiger partial charge on any atom is -0.497 e. The number of nitrogens with zero attached hydrogens (tertiary/aromatic N) is 1. The van der Waals surface area contributed by atoms with Crippen LogP contribution in [0.25, 0.3) is 0 Å². The number of benzene rings is 1. The highest BCUT2D eigenvalue weighted by Crippen LogP contribution is 2.11. The second-order valence-corrected chi connectivity index (χ2v) is 4.41. The van der Waals surface area contributed by atoms with Gasteiger partial charge in [-0.3, -0.25) is 4.99 Å². The summed E-state index contributed by atoms with van der Waals surface area (Å²) in [5.41, 5.74) is 0.673. The fourth-order valence-electron chi connectivity index (χ4n) is 1.60. The second kappa shape index (κ2) is 8.48. The van der Waals surface area contributed by atoms with Gasteiger partial charge in [0, 0.05) is 6.21 Å². The first kappa shape index (κ1) is 17.3. The van der Waals surface area contributed by atoms with E-state index in [-0.39, 0.29) is 0 Å². The number of aliphatic imine (C=N–C) groups is 1. The molecule has 0 aliphatic carbocycles. The van der Waals surface area contributed by atoms with Crippen molar-refractivity contribution < 1.29 is 30.0 Å². The maximum absolute atomic E-state index is 10.9. The lowest BCUT2D eigenvalue weighted by atomic mass is 10.0. The monoisotopic (exact) mass is 297 g/mol. The molecule has 21 heavy (non-hydrogen) atoms. The average Bonchev–Trinajstić information content (AvgIpc) is 2.54. The topological polar surface area (TPSA) is 120 Å². The smallest absolute Gasteiger partial charge is 0.147 e. The molecule has 0 amide bonds. The Morgan fingerprint density at radius 2 is 1.81 bits per heavy atom. The zero-order chi connectivity index (χ0) is 15.8. The van der Waals surface area contributed by atoms with Crippen LogP contribution in [0.4, 0.5) is 0 Å². The van der Waals surface area contributed by atoms with E-state index in [0.717, 1.165) is 0 Å². The van der Waals surface area contributed by atoms with Gasteiger partial charge in [0.05, 0.1) is 13.7 Å². The van der Waals surface area contributed by atoms with Crippen molar-refractivity contribution in [2.45, 2.75) is 24.4 Å². The highest BCUT2D eigenvalue weighted by molar-refractivity contribution is 5.81. The number of carbonyl (C=O) groups excluding carboxylic acids is 1. The average molecular weight is 297 g/mol. The van der Waals surface area contributed by atoms with Gasteiger partial charge in [0.2, 0.25) is 0 Å². The lowest BCUT2D eigenvalue weighted by Gasteiger charge is -2.23. The third-order valence-corrected chi connectivity index (χ3v) is 2.93. The van der Waals surface area contributed by atoms with Gasteiger partial charge in [-0.25, -0.2) is 0 Å². The first-order valence-corrected chi connectivity index (χ1v) is 6.31. The van der Waals surface area contributed by atoms with E-state index in [1.165, 1.54) is 13.3 Å². The van der Waals surface area contributed by atoms with Gasteiger partial charge in [0.25, 0.3) is 0 Å². The SMILES string of the molecule is COc1ccc(C=N[C@H](C=O)[C@H](O)[C@@H](O)[C@@H](O)CO)cc1. The molecule has 7 heteroatoms. The van der Waals surface area contributed by atoms with Gasteiger partial charge in [-0.05, 0) is 29.8 Å². The molecular formula is C14H19NO6. The van der Waals surface area contributed by atoms with Gasteiger partial charge in [0.1, 0.15) is 36.4 Å². The molecule has 4 N–H and O–H groups in total. The molecule has 0 fully saturated rings. The van der Waals surface area contributed by atoms with E-state index < -0.39 is 31.0 Å². The fraction of sp³-hybridized carbons (Fsp3) is 0.429. The second-order valence-electron chi connectivity index (χ2n) is 4.41. The number of aliphatic hydroxyl groups is 4. The third kappa shape index (κ3) is 4.91. The van der Waals surface area contributed by atoms with Gasteiger partial charge in [-0.15, -0.1) is 0 Å². The van der Waals surface area contributed by atoms with Crippen LogP contribution in [-0.2, 0) is 4.79 Å². The van der Waals surface area contributed by atoms with E-state index in [4.69, 9.17) is 9.84 Å². The van der Waals surface area contributed by atoms with Crippen LogP contribution < -0.4 is 4.74 Å². The van der Waals surface area contributed by atoms with Crippen molar-refractivity contribution in [1.82, 2.24) is 0 Å².